The number of nitrogens with zero attached hydrogens (tertiary/aromatic N) is 14. The lowest BCUT2D eigenvalue weighted by Crippen LogP contribution is -2.17. The van der Waals surface area contributed by atoms with Crippen LogP contribution in [0, 0.1) is 91.4 Å². The van der Waals surface area contributed by atoms with E-state index in [0.717, 1.165) is 63.9 Å². The molecule has 9 aromatic carbocycles. The van der Waals surface area contributed by atoms with E-state index in [9.17, 15) is 43.9 Å². The van der Waals surface area contributed by atoms with Gasteiger partial charge in [0.05, 0.1) is 103 Å². The summed E-state index contributed by atoms with van der Waals surface area (Å²) in [6, 6.07) is 43.2. The lowest BCUT2D eigenvalue weighted by Gasteiger charge is -2.17. The van der Waals surface area contributed by atoms with Crippen LogP contribution in [-0.4, -0.2) is 154 Å². The van der Waals surface area contributed by atoms with Crippen molar-refractivity contribution in [3.63, 3.8) is 0 Å². The van der Waals surface area contributed by atoms with Gasteiger partial charge in [-0.05, 0) is 105 Å². The van der Waals surface area contributed by atoms with Crippen molar-refractivity contribution in [1.29, 1.82) is 0 Å². The molecule has 32 nitrogen and oxygen atoms in total. The van der Waals surface area contributed by atoms with Crippen LogP contribution in [-0.2, 0) is 25.4 Å². The Balaban J connectivity index is 0.000000140. The van der Waals surface area contributed by atoms with Crippen LogP contribution in [0.2, 0.25) is 5.15 Å². The fourth-order valence-corrected chi connectivity index (χ4v) is 12.8. The van der Waals surface area contributed by atoms with Crippen molar-refractivity contribution in [3.05, 3.63) is 276 Å². The molecule has 3 atom stereocenters. The second-order valence-electron chi connectivity index (χ2n) is 27.7. The summed E-state index contributed by atoms with van der Waals surface area (Å²) >= 11 is 5.69. The standard InChI is InChI=1S/C27H28N4O3.C20H16N4O4.C20H18N4O2.C16H9FN4O2.C8H3ClFN3O2/c1-4-19-7-5-8-21(13-19)30-27-24-15-20(14-22(32)9-6-11-31(2)3)26(16-25(24)28-18-29-27)34-23-10-12-33-17-23;1-2-13-4-3-5-14(8-13)23-20-16-9-18(24(25)26)19(10-17(16)21-12-22-20)28-15-6-7-27-11-15;1-2-13-4-3-5-14(8-13)24-20-16-9-17(21)19(10-18(16)22-12-23-20)26-15-6-7-25-11-15;1-2-10-4-3-5-11(6-10)20-16-12-7-15(21(22)23)13(17)8-14(12)18-9-19-16;9-8-4-1-7(13(14)15)5(10)2-6(4)11-3-12-8/h1,5-9,13,15-16,18,23H,10-12,14,17H2,2-3H3,(H,28,29,30);1,3-5,8-10,12,15H,6-7,11H2,(H,21,22,23);1,3-5,8-10,12,15H,6-7,11,21H2,(H,22,23,24);1,3-9H,(H,18,19,20);1-3H/b9-6+;;;;/i23D;2*15D;;. The van der Waals surface area contributed by atoms with Gasteiger partial charge in [0, 0.05) is 147 Å². The number of nitrogen functional groups attached to an aromatic ring is 1. The number of carbonyl (C=O) groups is 1. The Morgan fingerprint density at radius 2 is 0.833 bits per heavy atom. The molecule has 8 heterocycles. The number of nitrogens with one attached hydrogen (secondary N) is 4. The summed E-state index contributed by atoms with van der Waals surface area (Å²) in [7, 11) is 3.88. The summed E-state index contributed by atoms with van der Waals surface area (Å²) in [6.45, 7) is 2.44. The molecule has 0 spiro atoms. The number of likely N-dealkylation sites (N-methyl/N-ethyl adjacent to an activating group) is 1. The van der Waals surface area contributed by atoms with Gasteiger partial charge in [-0.25, -0.2) is 49.8 Å². The van der Waals surface area contributed by atoms with Gasteiger partial charge in [-0.2, -0.15) is 8.78 Å². The van der Waals surface area contributed by atoms with Gasteiger partial charge < -0.3 is 60.3 Å². The Morgan fingerprint density at radius 1 is 0.492 bits per heavy atom. The lowest BCUT2D eigenvalue weighted by atomic mass is 10.0. The fraction of sp³-hybridized carbons (Fsp3) is 0.176. The van der Waals surface area contributed by atoms with Gasteiger partial charge in [-0.3, -0.25) is 35.1 Å². The summed E-state index contributed by atoms with van der Waals surface area (Å²) < 4.78 is 85.3. The lowest BCUT2D eigenvalue weighted by molar-refractivity contribution is -0.387. The third kappa shape index (κ3) is 22.7. The first-order valence-corrected chi connectivity index (χ1v) is 38.5. The van der Waals surface area contributed by atoms with Crippen LogP contribution in [0.1, 0.15) is 51.2 Å². The predicted octanol–water partition coefficient (Wildman–Crippen LogP) is 16.0. The zero-order valence-electron chi connectivity index (χ0n) is 69.9. The van der Waals surface area contributed by atoms with E-state index in [-0.39, 0.29) is 65.0 Å². The maximum Gasteiger partial charge on any atom is 0.311 e. The number of rotatable bonds is 22. The van der Waals surface area contributed by atoms with Crippen molar-refractivity contribution in [1.82, 2.24) is 54.7 Å². The van der Waals surface area contributed by atoms with Crippen LogP contribution in [0.15, 0.2) is 202 Å². The van der Waals surface area contributed by atoms with E-state index in [1.807, 2.05) is 85.7 Å². The number of ketones is 1. The zero-order valence-corrected chi connectivity index (χ0v) is 67.7. The first-order chi connectivity index (χ1) is 62.1. The number of benzene rings is 9. The number of carbonyl (C=O) groups excluding carboxylic acids is 1. The molecule has 0 saturated carbocycles. The van der Waals surface area contributed by atoms with Crippen molar-refractivity contribution in [3.8, 4) is 66.6 Å². The monoisotopic (exact) mass is 1720 g/mol. The highest BCUT2D eigenvalue weighted by atomic mass is 35.5. The Morgan fingerprint density at radius 3 is 1.22 bits per heavy atom. The number of nitrogens with two attached hydrogens (primary N) is 1. The Labute approximate surface area is 727 Å². The van der Waals surface area contributed by atoms with Gasteiger partial charge >= 0.3 is 17.1 Å². The molecule has 0 bridgehead atoms. The average molecular weight is 1720 g/mol. The second kappa shape index (κ2) is 41.5. The third-order valence-corrected chi connectivity index (χ3v) is 19.0. The molecule has 14 aromatic rings. The Kier molecular flexibility index (Phi) is 27.5. The number of nitro benzene ring substituents is 3. The van der Waals surface area contributed by atoms with E-state index in [1.165, 1.54) is 37.4 Å². The Hall–Kier alpha value is -16.1. The van der Waals surface area contributed by atoms with E-state index in [4.69, 9.17) is 75.6 Å². The molecule has 6 N–H and O–H groups in total. The normalized spacial score (nSPS) is 16.3. The highest BCUT2D eigenvalue weighted by Crippen LogP contribution is 2.39. The minimum atomic E-state index is -1.36. The number of fused-ring (bicyclic) bond motifs is 5. The topological polar surface area (TPSA) is 408 Å². The van der Waals surface area contributed by atoms with E-state index in [1.54, 1.807) is 66.7 Å². The first-order valence-electron chi connectivity index (χ1n) is 39.6. The molecule has 632 valence electrons. The van der Waals surface area contributed by atoms with Crippen molar-refractivity contribution in [2.24, 2.45) is 0 Å². The summed E-state index contributed by atoms with van der Waals surface area (Å²) in [5.41, 5.74) is 13.8. The van der Waals surface area contributed by atoms with Gasteiger partial charge in [0.15, 0.2) is 11.5 Å². The molecule has 5 aromatic heterocycles. The summed E-state index contributed by atoms with van der Waals surface area (Å²) in [6.07, 6.45) is 29.6. The Bertz CT molecular complexity index is 6870. The zero-order chi connectivity index (χ0) is 91.5. The van der Waals surface area contributed by atoms with Gasteiger partial charge in [0.25, 0.3) is 0 Å². The molecule has 0 aliphatic carbocycles. The molecule has 3 aliphatic heterocycles. The van der Waals surface area contributed by atoms with Crippen molar-refractivity contribution in [2.45, 2.75) is 43.9 Å². The fourth-order valence-electron chi connectivity index (χ4n) is 12.6. The maximum atomic E-state index is 13.7. The van der Waals surface area contributed by atoms with E-state index in [0.29, 0.717) is 141 Å². The molecule has 3 unspecified atom stereocenters. The van der Waals surface area contributed by atoms with E-state index >= 15 is 0 Å². The molecule has 0 amide bonds. The second-order valence-corrected chi connectivity index (χ2v) is 28.1. The van der Waals surface area contributed by atoms with Crippen molar-refractivity contribution >= 4 is 141 Å². The SMILES string of the molecule is C#Cc1cccc(Nc2ncnc3cc(F)c([N+](=O)[O-])cc23)c1.O=[N+]([O-])c1cc2c(Cl)ncnc2cc1F.[2H]C1(Oc2cc3ncnc(Nc4cccc(C#C)c4)c3cc2CC(=O)/C=C/CN(C)C)CCOC1.[2H]C1(Oc2cc3ncnc(Nc4cccc(C#C)c4)c3cc2N)CCOC1.[2H]C1(Oc2cc3ncnc(Nc4cccc(C#C)c4)c3cc2[N+](=O)[O-])CCOC1. The van der Waals surface area contributed by atoms with E-state index in [2.05, 4.69) is 94.8 Å². The minimum Gasteiger partial charge on any atom is -0.488 e. The number of ether oxygens (including phenoxy) is 6. The quantitative estimate of drug-likeness (QED) is 0.0105. The van der Waals surface area contributed by atoms with Crippen LogP contribution in [0.25, 0.3) is 54.5 Å². The minimum absolute atomic E-state index is 0.0259. The third-order valence-electron chi connectivity index (χ3n) is 18.7. The number of anilines is 9. The summed E-state index contributed by atoms with van der Waals surface area (Å²) in [4.78, 5) is 86.8. The number of aromatic nitrogens is 10. The van der Waals surface area contributed by atoms with Crippen LogP contribution < -0.4 is 41.2 Å². The number of allylic oxidation sites excluding steroid dienone is 1. The average Bonchev–Trinajstić information content (AvgIpc) is 1.60. The van der Waals surface area contributed by atoms with Crippen LogP contribution >= 0.6 is 11.6 Å². The smallest absolute Gasteiger partial charge is 0.311 e. The van der Waals surface area contributed by atoms with E-state index < -0.39 is 56.0 Å². The van der Waals surface area contributed by atoms with Gasteiger partial charge in [-0.15, -0.1) is 25.7 Å². The number of hydrogen-bond acceptors (Lipinski definition) is 29. The molecule has 17 rings (SSSR count). The molecule has 3 fully saturated rings. The van der Waals surface area contributed by atoms with Crippen LogP contribution in [0.3, 0.4) is 0 Å². The highest BCUT2D eigenvalue weighted by Gasteiger charge is 2.28. The number of nitro groups is 3. The van der Waals surface area contributed by atoms with Gasteiger partial charge in [-0.1, -0.05) is 65.6 Å². The predicted molar refractivity (Wildman–Crippen MR) is 474 cm³/mol. The van der Waals surface area contributed by atoms with Crippen molar-refractivity contribution < 1.29 is 60.9 Å². The molecular weight excluding hydrogens is 1640 g/mol. The first kappa shape index (κ1) is 83.6. The number of hydrogen-bond donors (Lipinski definition) is 5. The number of halogens is 3. The molecule has 35 heteroatoms. The molecular formula is C91H74ClF2N19O13. The van der Waals surface area contributed by atoms with Crippen LogP contribution in [0.4, 0.5) is 77.6 Å². The molecule has 3 saturated heterocycles. The van der Waals surface area contributed by atoms with Gasteiger partial charge in [0.2, 0.25) is 11.6 Å². The highest BCUT2D eigenvalue weighted by molar-refractivity contribution is 6.34. The molecule has 3 aliphatic rings. The summed E-state index contributed by atoms with van der Waals surface area (Å²) in [5.74, 6) is 11.1. The number of terminal acetylenes is 4. The molecule has 0 radical (unpaired) electrons. The molecule has 126 heavy (non-hydrogen) atoms. The maximum absolute atomic E-state index is 13.7. The van der Waals surface area contributed by atoms with Crippen molar-refractivity contribution in [2.75, 3.05) is 87.3 Å². The van der Waals surface area contributed by atoms with Gasteiger partial charge in [0.1, 0.15) is 89.8 Å². The summed E-state index contributed by atoms with van der Waals surface area (Å²) in [5, 5.41) is 48.3. The van der Waals surface area contributed by atoms with Crippen LogP contribution in [0.5, 0.6) is 17.2 Å². The largest absolute Gasteiger partial charge is 0.488 e.